The van der Waals surface area contributed by atoms with Gasteiger partial charge in [-0.25, -0.2) is 0 Å². The third kappa shape index (κ3) is 4.01. The van der Waals surface area contributed by atoms with Gasteiger partial charge >= 0.3 is 0 Å². The van der Waals surface area contributed by atoms with Crippen LogP contribution in [0, 0.1) is 6.92 Å². The van der Waals surface area contributed by atoms with Crippen molar-refractivity contribution in [3.8, 4) is 0 Å². The lowest BCUT2D eigenvalue weighted by Crippen LogP contribution is -2.52. The van der Waals surface area contributed by atoms with Crippen LogP contribution >= 0.6 is 0 Å². The Morgan fingerprint density at radius 3 is 2.65 bits per heavy atom. The van der Waals surface area contributed by atoms with E-state index in [4.69, 9.17) is 5.73 Å². The number of hydrogen-bond donors (Lipinski definition) is 1. The minimum Gasteiger partial charge on any atom is -0.329 e. The summed E-state index contributed by atoms with van der Waals surface area (Å²) in [4.78, 5) is 9.56. The fourth-order valence-electron chi connectivity index (χ4n) is 2.97. The number of nitrogens with zero attached hydrogens (tertiary/aromatic N) is 3. The number of nitrogens with two attached hydrogens (primary N) is 1. The minimum atomic E-state index is 0.568. The van der Waals surface area contributed by atoms with Gasteiger partial charge < -0.3 is 5.73 Å². The maximum Gasteiger partial charge on any atom is 0.0573 e. The van der Waals surface area contributed by atoms with E-state index in [0.717, 1.165) is 39.3 Å². The Labute approximate surface area is 123 Å². The number of piperazine rings is 1. The van der Waals surface area contributed by atoms with Crippen LogP contribution in [0.15, 0.2) is 18.3 Å². The largest absolute Gasteiger partial charge is 0.329 e. The quantitative estimate of drug-likeness (QED) is 0.858. The molecule has 1 saturated heterocycles. The summed E-state index contributed by atoms with van der Waals surface area (Å²) < 4.78 is 0. The third-order valence-corrected chi connectivity index (χ3v) is 4.31. The molecule has 0 saturated carbocycles. The first-order valence-corrected chi connectivity index (χ1v) is 7.81. The topological polar surface area (TPSA) is 45.4 Å². The Morgan fingerprint density at radius 1 is 1.30 bits per heavy atom. The van der Waals surface area contributed by atoms with Crippen LogP contribution in [0.25, 0.3) is 0 Å². The summed E-state index contributed by atoms with van der Waals surface area (Å²) in [5.41, 5.74) is 8.41. The van der Waals surface area contributed by atoms with Crippen LogP contribution in [0.1, 0.15) is 31.0 Å². The van der Waals surface area contributed by atoms with Crippen molar-refractivity contribution in [1.29, 1.82) is 0 Å². The SMILES string of the molecule is CCCC(CN)N1CCN(Cc2ncccc2C)CC1. The van der Waals surface area contributed by atoms with Crippen LogP contribution in [0.4, 0.5) is 0 Å². The fourth-order valence-corrected chi connectivity index (χ4v) is 2.97. The van der Waals surface area contributed by atoms with Crippen molar-refractivity contribution < 1.29 is 0 Å². The average Bonchev–Trinajstić information content (AvgIpc) is 2.48. The molecule has 112 valence electrons. The molecule has 0 aliphatic carbocycles. The van der Waals surface area contributed by atoms with Crippen LogP contribution in [-0.2, 0) is 6.54 Å². The minimum absolute atomic E-state index is 0.568. The van der Waals surface area contributed by atoms with Gasteiger partial charge in [-0.3, -0.25) is 14.8 Å². The highest BCUT2D eigenvalue weighted by Crippen LogP contribution is 2.13. The molecule has 0 amide bonds. The first kappa shape index (κ1) is 15.4. The van der Waals surface area contributed by atoms with Crippen LogP contribution in [0.3, 0.4) is 0 Å². The molecule has 1 unspecified atom stereocenters. The van der Waals surface area contributed by atoms with Crippen LogP contribution in [0.2, 0.25) is 0 Å². The molecule has 0 radical (unpaired) electrons. The summed E-state index contributed by atoms with van der Waals surface area (Å²) in [5.74, 6) is 0. The highest BCUT2D eigenvalue weighted by atomic mass is 15.3. The van der Waals surface area contributed by atoms with Gasteiger partial charge in [0.1, 0.15) is 0 Å². The molecule has 0 bridgehead atoms. The van der Waals surface area contributed by atoms with E-state index < -0.39 is 0 Å². The summed E-state index contributed by atoms with van der Waals surface area (Å²) in [6, 6.07) is 4.72. The lowest BCUT2D eigenvalue weighted by molar-refractivity contribution is 0.0896. The van der Waals surface area contributed by atoms with Crippen LogP contribution in [-0.4, -0.2) is 53.5 Å². The zero-order valence-corrected chi connectivity index (χ0v) is 12.9. The van der Waals surface area contributed by atoms with Gasteiger partial charge in [-0.1, -0.05) is 19.4 Å². The Kier molecular flexibility index (Phi) is 5.95. The van der Waals surface area contributed by atoms with Crippen molar-refractivity contribution in [2.24, 2.45) is 5.73 Å². The molecule has 20 heavy (non-hydrogen) atoms. The Bertz CT molecular complexity index is 399. The van der Waals surface area contributed by atoms with Gasteiger partial charge in [0.05, 0.1) is 5.69 Å². The highest BCUT2D eigenvalue weighted by molar-refractivity contribution is 5.17. The first-order valence-electron chi connectivity index (χ1n) is 7.81. The van der Waals surface area contributed by atoms with Gasteiger partial charge in [0.25, 0.3) is 0 Å². The maximum atomic E-state index is 5.90. The van der Waals surface area contributed by atoms with E-state index in [2.05, 4.69) is 34.7 Å². The van der Waals surface area contributed by atoms with Crippen molar-refractivity contribution in [1.82, 2.24) is 14.8 Å². The molecule has 4 nitrogen and oxygen atoms in total. The molecular weight excluding hydrogens is 248 g/mol. The number of pyridine rings is 1. The van der Waals surface area contributed by atoms with Gasteiger partial charge in [0.2, 0.25) is 0 Å². The van der Waals surface area contributed by atoms with E-state index in [9.17, 15) is 0 Å². The van der Waals surface area contributed by atoms with Gasteiger partial charge in [0, 0.05) is 51.5 Å². The van der Waals surface area contributed by atoms with Gasteiger partial charge in [-0.15, -0.1) is 0 Å². The van der Waals surface area contributed by atoms with Crippen LogP contribution in [0.5, 0.6) is 0 Å². The molecule has 0 aromatic carbocycles. The Hall–Kier alpha value is -0.970. The monoisotopic (exact) mass is 276 g/mol. The van der Waals surface area contributed by atoms with E-state index in [1.54, 1.807) is 0 Å². The smallest absolute Gasteiger partial charge is 0.0573 e. The second-order valence-electron chi connectivity index (χ2n) is 5.76. The standard InChI is InChI=1S/C16H28N4/c1-3-5-15(12-17)20-10-8-19(9-11-20)13-16-14(2)6-4-7-18-16/h4,6-7,15H,3,5,8-13,17H2,1-2H3. The molecule has 2 N–H and O–H groups in total. The number of aromatic nitrogens is 1. The summed E-state index contributed by atoms with van der Waals surface area (Å²) in [6.07, 6.45) is 4.33. The summed E-state index contributed by atoms with van der Waals surface area (Å²) >= 11 is 0. The predicted molar refractivity (Wildman–Crippen MR) is 83.6 cm³/mol. The van der Waals surface area contributed by atoms with E-state index in [-0.39, 0.29) is 0 Å². The first-order chi connectivity index (χ1) is 9.74. The van der Waals surface area contributed by atoms with E-state index in [1.165, 1.54) is 24.1 Å². The lowest BCUT2D eigenvalue weighted by atomic mass is 10.1. The van der Waals surface area contributed by atoms with Crippen molar-refractivity contribution in [3.05, 3.63) is 29.6 Å². The normalized spacial score (nSPS) is 19.1. The maximum absolute atomic E-state index is 5.90. The van der Waals surface area contributed by atoms with Gasteiger partial charge in [-0.2, -0.15) is 0 Å². The average molecular weight is 276 g/mol. The van der Waals surface area contributed by atoms with Crippen LogP contribution < -0.4 is 5.73 Å². The Morgan fingerprint density at radius 2 is 2.05 bits per heavy atom. The Balaban J connectivity index is 1.84. The molecule has 1 aliphatic heterocycles. The lowest BCUT2D eigenvalue weighted by Gasteiger charge is -2.39. The molecule has 4 heteroatoms. The molecule has 2 rings (SSSR count). The molecule has 1 aromatic heterocycles. The number of hydrogen-bond acceptors (Lipinski definition) is 4. The van der Waals surface area contributed by atoms with E-state index >= 15 is 0 Å². The molecule has 2 heterocycles. The second-order valence-corrected chi connectivity index (χ2v) is 5.76. The summed E-state index contributed by atoms with van der Waals surface area (Å²) in [5, 5.41) is 0. The molecule has 1 atom stereocenters. The van der Waals surface area contributed by atoms with Crippen molar-refractivity contribution in [3.63, 3.8) is 0 Å². The highest BCUT2D eigenvalue weighted by Gasteiger charge is 2.22. The molecule has 1 aromatic rings. The number of rotatable bonds is 6. The molecule has 1 fully saturated rings. The zero-order chi connectivity index (χ0) is 14.4. The molecule has 1 aliphatic rings. The van der Waals surface area contributed by atoms with Crippen molar-refractivity contribution in [2.75, 3.05) is 32.7 Å². The molecule has 0 spiro atoms. The fraction of sp³-hybridized carbons (Fsp3) is 0.688. The van der Waals surface area contributed by atoms with Crippen molar-refractivity contribution >= 4 is 0 Å². The van der Waals surface area contributed by atoms with E-state index in [0.29, 0.717) is 6.04 Å². The third-order valence-electron chi connectivity index (χ3n) is 4.31. The van der Waals surface area contributed by atoms with E-state index in [1.807, 2.05) is 12.3 Å². The number of aryl methyl sites for hydroxylation is 1. The van der Waals surface area contributed by atoms with Gasteiger partial charge in [-0.05, 0) is 25.0 Å². The summed E-state index contributed by atoms with van der Waals surface area (Å²) in [7, 11) is 0. The second kappa shape index (κ2) is 7.72. The molecular formula is C16H28N4. The summed E-state index contributed by atoms with van der Waals surface area (Å²) in [6.45, 7) is 10.6. The van der Waals surface area contributed by atoms with Crippen molar-refractivity contribution in [2.45, 2.75) is 39.3 Å². The van der Waals surface area contributed by atoms with Gasteiger partial charge in [0.15, 0.2) is 0 Å². The zero-order valence-electron chi connectivity index (χ0n) is 12.9. The predicted octanol–water partition coefficient (Wildman–Crippen LogP) is 1.64.